The fourth-order valence-electron chi connectivity index (χ4n) is 3.74. The van der Waals surface area contributed by atoms with E-state index in [4.69, 9.17) is 0 Å². The van der Waals surface area contributed by atoms with Crippen LogP contribution >= 0.6 is 0 Å². The molecular weight excluding hydrogens is 302 g/mol. The van der Waals surface area contributed by atoms with Crippen LogP contribution in [0.1, 0.15) is 63.1 Å². The molecule has 132 valence electrons. The lowest BCUT2D eigenvalue weighted by molar-refractivity contribution is 0.623. The molecule has 1 aliphatic rings. The molecule has 0 radical (unpaired) electrons. The molecule has 0 fully saturated rings. The molecule has 1 heteroatoms. The first kappa shape index (κ1) is 17.8. The van der Waals surface area contributed by atoms with Gasteiger partial charge in [-0.05, 0) is 79.5 Å². The van der Waals surface area contributed by atoms with Gasteiger partial charge in [-0.2, -0.15) is 0 Å². The summed E-state index contributed by atoms with van der Waals surface area (Å²) in [7, 11) is 0. The highest BCUT2D eigenvalue weighted by molar-refractivity contribution is 5.66. The summed E-state index contributed by atoms with van der Waals surface area (Å²) >= 11 is 0. The summed E-state index contributed by atoms with van der Waals surface area (Å²) in [5.41, 5.74) is 8.30. The molecule has 0 spiro atoms. The number of anilines is 2. The Labute approximate surface area is 153 Å². The topological polar surface area (TPSA) is 3.24 Å². The third-order valence-electron chi connectivity index (χ3n) is 5.39. The fourth-order valence-corrected chi connectivity index (χ4v) is 3.74. The van der Waals surface area contributed by atoms with Crippen LogP contribution in [0.25, 0.3) is 0 Å². The summed E-state index contributed by atoms with van der Waals surface area (Å²) in [5, 5.41) is 0. The molecule has 0 heterocycles. The van der Waals surface area contributed by atoms with E-state index < -0.39 is 0 Å². The van der Waals surface area contributed by atoms with Gasteiger partial charge in [0.15, 0.2) is 0 Å². The molecular formula is C24H31N. The molecule has 2 aromatic carbocycles. The van der Waals surface area contributed by atoms with Gasteiger partial charge < -0.3 is 4.90 Å². The molecule has 1 aliphatic carbocycles. The molecule has 0 saturated heterocycles. The maximum absolute atomic E-state index is 4.17. The first-order valence-corrected chi connectivity index (χ1v) is 9.65. The zero-order valence-electron chi connectivity index (χ0n) is 16.2. The van der Waals surface area contributed by atoms with Crippen molar-refractivity contribution < 1.29 is 0 Å². The van der Waals surface area contributed by atoms with E-state index in [0.29, 0.717) is 12.0 Å². The average molecular weight is 334 g/mol. The Morgan fingerprint density at radius 3 is 2.12 bits per heavy atom. The van der Waals surface area contributed by atoms with Crippen molar-refractivity contribution in [2.24, 2.45) is 0 Å². The molecule has 2 aromatic rings. The Balaban J connectivity index is 2.00. The first-order chi connectivity index (χ1) is 12.0. The van der Waals surface area contributed by atoms with Gasteiger partial charge >= 0.3 is 0 Å². The minimum absolute atomic E-state index is 0.445. The van der Waals surface area contributed by atoms with Crippen molar-refractivity contribution in [3.05, 3.63) is 71.3 Å². The van der Waals surface area contributed by atoms with Crippen LogP contribution in [0.15, 0.2) is 54.6 Å². The SMILES string of the molecule is C=C(C)CC(CC)N(c1ccc(C(C)C)cc1)c1ccc2c(c1)CC2. The van der Waals surface area contributed by atoms with E-state index in [1.807, 2.05) is 0 Å². The maximum Gasteiger partial charge on any atom is 0.0416 e. The van der Waals surface area contributed by atoms with Crippen LogP contribution in [0.3, 0.4) is 0 Å². The molecule has 1 unspecified atom stereocenters. The molecule has 0 amide bonds. The molecule has 1 atom stereocenters. The lowest BCUT2D eigenvalue weighted by Crippen LogP contribution is -2.31. The quantitative estimate of drug-likeness (QED) is 0.504. The summed E-state index contributed by atoms with van der Waals surface area (Å²) in [4.78, 5) is 2.53. The summed E-state index contributed by atoms with van der Waals surface area (Å²) in [6.07, 6.45) is 4.59. The third kappa shape index (κ3) is 3.81. The smallest absolute Gasteiger partial charge is 0.0416 e. The van der Waals surface area contributed by atoms with E-state index in [1.54, 1.807) is 0 Å². The summed E-state index contributed by atoms with van der Waals surface area (Å²) in [5.74, 6) is 0.566. The molecule has 0 aliphatic heterocycles. The molecule has 0 aromatic heterocycles. The van der Waals surface area contributed by atoms with Crippen molar-refractivity contribution >= 4 is 11.4 Å². The van der Waals surface area contributed by atoms with Crippen molar-refractivity contribution in [2.75, 3.05) is 4.90 Å². The van der Waals surface area contributed by atoms with Gasteiger partial charge in [0.2, 0.25) is 0 Å². The summed E-state index contributed by atoms with van der Waals surface area (Å²) in [6.45, 7) is 13.1. The fraction of sp³-hybridized carbons (Fsp3) is 0.417. The Hall–Kier alpha value is -2.02. The third-order valence-corrected chi connectivity index (χ3v) is 5.39. The highest BCUT2D eigenvalue weighted by Crippen LogP contribution is 2.35. The standard InChI is InChI=1S/C24H31N/c1-6-22(15-17(2)3)25(23-12-9-19(10-13-23)18(4)5)24-14-11-20-7-8-21(20)16-24/h9-14,16,18,22H,2,6-8,15H2,1,3-5H3. The van der Waals surface area contributed by atoms with Gasteiger partial charge in [0.1, 0.15) is 0 Å². The summed E-state index contributed by atoms with van der Waals surface area (Å²) in [6, 6.07) is 16.6. The first-order valence-electron chi connectivity index (χ1n) is 9.65. The number of nitrogens with zero attached hydrogens (tertiary/aromatic N) is 1. The van der Waals surface area contributed by atoms with Crippen molar-refractivity contribution in [1.29, 1.82) is 0 Å². The predicted octanol–water partition coefficient (Wildman–Crippen LogP) is 6.79. The van der Waals surface area contributed by atoms with E-state index in [1.165, 1.54) is 46.5 Å². The number of hydrogen-bond acceptors (Lipinski definition) is 1. The van der Waals surface area contributed by atoms with Gasteiger partial charge in [-0.1, -0.05) is 44.5 Å². The van der Waals surface area contributed by atoms with Gasteiger partial charge in [-0.25, -0.2) is 0 Å². The normalized spacial score (nSPS) is 14.0. The van der Waals surface area contributed by atoms with Crippen LogP contribution < -0.4 is 4.90 Å². The van der Waals surface area contributed by atoms with Crippen LogP contribution in [-0.4, -0.2) is 6.04 Å². The number of hydrogen-bond donors (Lipinski definition) is 0. The highest BCUT2D eigenvalue weighted by atomic mass is 15.2. The average Bonchev–Trinajstić information content (AvgIpc) is 2.56. The van der Waals surface area contributed by atoms with Crippen molar-refractivity contribution in [3.8, 4) is 0 Å². The van der Waals surface area contributed by atoms with Crippen molar-refractivity contribution in [2.45, 2.75) is 65.3 Å². The van der Waals surface area contributed by atoms with Crippen LogP contribution in [0.2, 0.25) is 0 Å². The van der Waals surface area contributed by atoms with Crippen molar-refractivity contribution in [1.82, 2.24) is 0 Å². The van der Waals surface area contributed by atoms with Gasteiger partial charge in [-0.3, -0.25) is 0 Å². The van der Waals surface area contributed by atoms with Crippen LogP contribution in [0, 0.1) is 0 Å². The highest BCUT2D eigenvalue weighted by Gasteiger charge is 2.22. The lowest BCUT2D eigenvalue weighted by atomic mass is 9.88. The second-order valence-corrected chi connectivity index (χ2v) is 7.79. The second-order valence-electron chi connectivity index (χ2n) is 7.79. The van der Waals surface area contributed by atoms with Crippen molar-refractivity contribution in [3.63, 3.8) is 0 Å². The Kier molecular flexibility index (Phi) is 5.32. The largest absolute Gasteiger partial charge is 0.338 e. The predicted molar refractivity (Wildman–Crippen MR) is 110 cm³/mol. The zero-order chi connectivity index (χ0) is 18.0. The minimum Gasteiger partial charge on any atom is -0.338 e. The van der Waals surface area contributed by atoms with E-state index in [2.05, 4.69) is 81.6 Å². The van der Waals surface area contributed by atoms with Crippen LogP contribution in [-0.2, 0) is 12.8 Å². The Morgan fingerprint density at radius 2 is 1.64 bits per heavy atom. The van der Waals surface area contributed by atoms with E-state index >= 15 is 0 Å². The Bertz CT molecular complexity index is 739. The van der Waals surface area contributed by atoms with Crippen LogP contribution in [0.5, 0.6) is 0 Å². The molecule has 25 heavy (non-hydrogen) atoms. The second kappa shape index (κ2) is 7.47. The number of aryl methyl sites for hydroxylation is 2. The molecule has 0 N–H and O–H groups in total. The number of benzene rings is 2. The Morgan fingerprint density at radius 1 is 1.00 bits per heavy atom. The van der Waals surface area contributed by atoms with E-state index in [9.17, 15) is 0 Å². The van der Waals surface area contributed by atoms with Crippen LogP contribution in [0.4, 0.5) is 11.4 Å². The molecule has 0 saturated carbocycles. The lowest BCUT2D eigenvalue weighted by Gasteiger charge is -2.35. The zero-order valence-corrected chi connectivity index (χ0v) is 16.2. The molecule has 3 rings (SSSR count). The van der Waals surface area contributed by atoms with Gasteiger partial charge in [-0.15, -0.1) is 6.58 Å². The molecule has 1 nitrogen and oxygen atoms in total. The minimum atomic E-state index is 0.445. The van der Waals surface area contributed by atoms with E-state index in [0.717, 1.165) is 12.8 Å². The maximum atomic E-state index is 4.17. The van der Waals surface area contributed by atoms with Gasteiger partial charge in [0, 0.05) is 17.4 Å². The number of rotatable bonds is 7. The van der Waals surface area contributed by atoms with Gasteiger partial charge in [0.25, 0.3) is 0 Å². The monoisotopic (exact) mass is 333 g/mol. The number of fused-ring (bicyclic) bond motifs is 1. The van der Waals surface area contributed by atoms with E-state index in [-0.39, 0.29) is 0 Å². The summed E-state index contributed by atoms with van der Waals surface area (Å²) < 4.78 is 0. The molecule has 0 bridgehead atoms. The van der Waals surface area contributed by atoms with Gasteiger partial charge in [0.05, 0.1) is 0 Å².